The van der Waals surface area contributed by atoms with Crippen molar-refractivity contribution in [3.63, 3.8) is 0 Å². The molecule has 1 aliphatic carbocycles. The highest BCUT2D eigenvalue weighted by atomic mass is 19.1. The standard InChI is InChI=1S/C25H32F2N4O2/c1-16-10-18(23(2,3)33)14-28-21(16)31-15-24(29-22(31)32)6-8-25(9-7-24,30(4)5)17-11-19(26)13-20(27)12-17/h10-14,33H,6-9,15H2,1-5H3,(H,29,32). The van der Waals surface area contributed by atoms with Crippen LogP contribution in [0.15, 0.2) is 30.5 Å². The Hall–Kier alpha value is -2.58. The van der Waals surface area contributed by atoms with Gasteiger partial charge >= 0.3 is 6.03 Å². The molecule has 6 nitrogen and oxygen atoms in total. The quantitative estimate of drug-likeness (QED) is 0.721. The summed E-state index contributed by atoms with van der Waals surface area (Å²) in [5.41, 5.74) is 0.186. The van der Waals surface area contributed by atoms with Gasteiger partial charge < -0.3 is 10.4 Å². The lowest BCUT2D eigenvalue weighted by atomic mass is 9.69. The number of anilines is 1. The predicted octanol–water partition coefficient (Wildman–Crippen LogP) is 4.20. The minimum Gasteiger partial charge on any atom is -0.386 e. The van der Waals surface area contributed by atoms with Gasteiger partial charge in [0.25, 0.3) is 0 Å². The van der Waals surface area contributed by atoms with E-state index in [4.69, 9.17) is 0 Å². The molecule has 4 rings (SSSR count). The molecule has 1 aromatic carbocycles. The second kappa shape index (κ2) is 8.02. The van der Waals surface area contributed by atoms with Crippen LogP contribution in [0.2, 0.25) is 0 Å². The number of rotatable bonds is 4. The Kier molecular flexibility index (Phi) is 5.73. The molecule has 0 atom stereocenters. The van der Waals surface area contributed by atoms with Crippen molar-refractivity contribution in [2.24, 2.45) is 0 Å². The smallest absolute Gasteiger partial charge is 0.323 e. The first kappa shape index (κ1) is 23.6. The van der Waals surface area contributed by atoms with Gasteiger partial charge in [-0.05, 0) is 89.9 Å². The van der Waals surface area contributed by atoms with Gasteiger partial charge in [0, 0.05) is 23.4 Å². The second-order valence-corrected chi connectivity index (χ2v) is 10.3. The number of nitrogens with zero attached hydrogens (tertiary/aromatic N) is 3. The average molecular weight is 459 g/mol. The SMILES string of the molecule is Cc1cc(C(C)(C)O)cnc1N1CC2(CCC(c3cc(F)cc(F)c3)(N(C)C)CC2)NC1=O. The number of carbonyl (C=O) groups excluding carboxylic acids is 1. The normalized spacial score (nSPS) is 25.7. The van der Waals surface area contributed by atoms with Crippen LogP contribution in [-0.4, -0.2) is 47.2 Å². The molecule has 8 heteroatoms. The van der Waals surface area contributed by atoms with Crippen LogP contribution in [0.1, 0.15) is 56.2 Å². The number of hydrogen-bond acceptors (Lipinski definition) is 4. The van der Waals surface area contributed by atoms with Gasteiger partial charge in [-0.2, -0.15) is 0 Å². The molecule has 2 N–H and O–H groups in total. The lowest BCUT2D eigenvalue weighted by Crippen LogP contribution is -2.54. The largest absolute Gasteiger partial charge is 0.386 e. The molecule has 2 fully saturated rings. The van der Waals surface area contributed by atoms with Gasteiger partial charge in [-0.25, -0.2) is 18.6 Å². The van der Waals surface area contributed by atoms with E-state index in [2.05, 4.69) is 10.3 Å². The minimum atomic E-state index is -1.01. The molecule has 1 spiro atoms. The summed E-state index contributed by atoms with van der Waals surface area (Å²) in [6.45, 7) is 5.75. The van der Waals surface area contributed by atoms with Crippen LogP contribution in [0.3, 0.4) is 0 Å². The van der Waals surface area contributed by atoms with Crippen molar-refractivity contribution in [1.82, 2.24) is 15.2 Å². The number of hydrogen-bond donors (Lipinski definition) is 2. The van der Waals surface area contributed by atoms with E-state index in [9.17, 15) is 18.7 Å². The topological polar surface area (TPSA) is 68.7 Å². The molecule has 178 valence electrons. The van der Waals surface area contributed by atoms with Crippen molar-refractivity contribution in [2.75, 3.05) is 25.5 Å². The van der Waals surface area contributed by atoms with Gasteiger partial charge in [-0.3, -0.25) is 9.80 Å². The lowest BCUT2D eigenvalue weighted by Gasteiger charge is -2.48. The van der Waals surface area contributed by atoms with Crippen LogP contribution in [0, 0.1) is 18.6 Å². The fraction of sp³-hybridized carbons (Fsp3) is 0.520. The number of halogens is 2. The highest BCUT2D eigenvalue weighted by molar-refractivity contribution is 5.95. The van der Waals surface area contributed by atoms with Gasteiger partial charge in [-0.1, -0.05) is 0 Å². The summed E-state index contributed by atoms with van der Waals surface area (Å²) >= 11 is 0. The first-order valence-corrected chi connectivity index (χ1v) is 11.3. The molecule has 0 radical (unpaired) electrons. The molecule has 2 aliphatic rings. The summed E-state index contributed by atoms with van der Waals surface area (Å²) in [5, 5.41) is 13.4. The van der Waals surface area contributed by atoms with Crippen LogP contribution < -0.4 is 10.2 Å². The number of aromatic nitrogens is 1. The van der Waals surface area contributed by atoms with Crippen LogP contribution in [0.5, 0.6) is 0 Å². The molecule has 2 amide bonds. The third-order valence-corrected chi connectivity index (χ3v) is 7.38. The Morgan fingerprint density at radius 2 is 1.70 bits per heavy atom. The second-order valence-electron chi connectivity index (χ2n) is 10.3. The summed E-state index contributed by atoms with van der Waals surface area (Å²) in [7, 11) is 3.86. The van der Waals surface area contributed by atoms with Crippen LogP contribution in [-0.2, 0) is 11.1 Å². The third-order valence-electron chi connectivity index (χ3n) is 7.38. The molecule has 0 bridgehead atoms. The number of amides is 2. The number of pyridine rings is 1. The number of benzene rings is 1. The van der Waals surface area contributed by atoms with Crippen molar-refractivity contribution in [1.29, 1.82) is 0 Å². The molecule has 1 aliphatic heterocycles. The fourth-order valence-corrected chi connectivity index (χ4v) is 5.31. The summed E-state index contributed by atoms with van der Waals surface area (Å²) in [6, 6.07) is 5.38. The number of aliphatic hydroxyl groups is 1. The fourth-order valence-electron chi connectivity index (χ4n) is 5.31. The zero-order valence-corrected chi connectivity index (χ0v) is 19.9. The van der Waals surface area contributed by atoms with Crippen LogP contribution in [0.25, 0.3) is 0 Å². The minimum absolute atomic E-state index is 0.198. The molecule has 1 aromatic heterocycles. The Labute approximate surface area is 193 Å². The number of aryl methyl sites for hydroxylation is 1. The molecule has 2 aromatic rings. The van der Waals surface area contributed by atoms with Gasteiger partial charge in [0.1, 0.15) is 17.5 Å². The first-order valence-electron chi connectivity index (χ1n) is 11.3. The number of carbonyl (C=O) groups is 1. The van der Waals surface area contributed by atoms with E-state index in [0.29, 0.717) is 49.2 Å². The Bertz CT molecular complexity index is 1050. The maximum absolute atomic E-state index is 14.0. The highest BCUT2D eigenvalue weighted by Crippen LogP contribution is 2.46. The molecule has 0 unspecified atom stereocenters. The van der Waals surface area contributed by atoms with Crippen molar-refractivity contribution >= 4 is 11.8 Å². The van der Waals surface area contributed by atoms with E-state index in [1.54, 1.807) is 24.9 Å². The third kappa shape index (κ3) is 4.22. The van der Waals surface area contributed by atoms with Gasteiger partial charge in [0.15, 0.2) is 0 Å². The molecular weight excluding hydrogens is 426 g/mol. The van der Waals surface area contributed by atoms with Crippen molar-refractivity contribution in [3.8, 4) is 0 Å². The predicted molar refractivity (Wildman–Crippen MR) is 123 cm³/mol. The van der Waals surface area contributed by atoms with Crippen molar-refractivity contribution in [2.45, 2.75) is 63.1 Å². The average Bonchev–Trinajstić information content (AvgIpc) is 3.02. The van der Waals surface area contributed by atoms with Crippen LogP contribution in [0.4, 0.5) is 19.4 Å². The van der Waals surface area contributed by atoms with Gasteiger partial charge in [0.05, 0.1) is 17.7 Å². The summed E-state index contributed by atoms with van der Waals surface area (Å²) in [5.74, 6) is -0.583. The lowest BCUT2D eigenvalue weighted by molar-refractivity contribution is 0.0652. The summed E-state index contributed by atoms with van der Waals surface area (Å²) in [6.07, 6.45) is 4.26. The first-order chi connectivity index (χ1) is 15.4. The number of urea groups is 1. The van der Waals surface area contributed by atoms with Gasteiger partial charge in [-0.15, -0.1) is 0 Å². The van der Waals surface area contributed by atoms with E-state index in [0.717, 1.165) is 11.6 Å². The Balaban J connectivity index is 1.57. The Morgan fingerprint density at radius 3 is 2.21 bits per heavy atom. The summed E-state index contributed by atoms with van der Waals surface area (Å²) in [4.78, 5) is 21.1. The van der Waals surface area contributed by atoms with E-state index in [-0.39, 0.29) is 6.03 Å². The van der Waals surface area contributed by atoms with Crippen molar-refractivity contribution in [3.05, 3.63) is 58.8 Å². The van der Waals surface area contributed by atoms with E-state index < -0.39 is 28.3 Å². The maximum atomic E-state index is 14.0. The van der Waals surface area contributed by atoms with Crippen LogP contribution >= 0.6 is 0 Å². The molecular formula is C25H32F2N4O2. The molecule has 1 saturated heterocycles. The number of nitrogens with one attached hydrogen (secondary N) is 1. The van der Waals surface area contributed by atoms with Gasteiger partial charge in [0.2, 0.25) is 0 Å². The zero-order valence-electron chi connectivity index (χ0n) is 19.9. The van der Waals surface area contributed by atoms with Crippen molar-refractivity contribution < 1.29 is 18.7 Å². The summed E-state index contributed by atoms with van der Waals surface area (Å²) < 4.78 is 28.0. The zero-order chi connectivity index (χ0) is 24.2. The molecule has 2 heterocycles. The van der Waals surface area contributed by atoms with E-state index >= 15 is 0 Å². The molecule has 1 saturated carbocycles. The highest BCUT2D eigenvalue weighted by Gasteiger charge is 2.51. The van der Waals surface area contributed by atoms with E-state index in [1.807, 2.05) is 32.0 Å². The van der Waals surface area contributed by atoms with E-state index in [1.165, 1.54) is 12.1 Å². The monoisotopic (exact) mass is 458 g/mol. The molecule has 33 heavy (non-hydrogen) atoms. The Morgan fingerprint density at radius 1 is 1.09 bits per heavy atom. The maximum Gasteiger partial charge on any atom is 0.323 e.